The summed E-state index contributed by atoms with van der Waals surface area (Å²) in [5.74, 6) is 1.17. The topological polar surface area (TPSA) is 3.24 Å². The summed E-state index contributed by atoms with van der Waals surface area (Å²) in [6.45, 7) is 21.8. The van der Waals surface area contributed by atoms with Crippen LogP contribution in [-0.2, 0) is 0 Å². The lowest BCUT2D eigenvalue weighted by Crippen LogP contribution is -2.56. The van der Waals surface area contributed by atoms with E-state index in [-0.39, 0.29) is 11.0 Å². The minimum absolute atomic E-state index is 0.0690. The van der Waals surface area contributed by atoms with E-state index in [1.165, 1.54) is 17.6 Å². The summed E-state index contributed by atoms with van der Waals surface area (Å²) in [7, 11) is 0. The molecule has 0 aromatic rings. The molecule has 0 saturated carbocycles. The predicted octanol–water partition coefficient (Wildman–Crippen LogP) is 7.14. The van der Waals surface area contributed by atoms with Crippen LogP contribution in [0.2, 0.25) is 0 Å². The first-order chi connectivity index (χ1) is 11.7. The molecular formula is C24H41N. The van der Waals surface area contributed by atoms with Crippen molar-refractivity contribution in [1.29, 1.82) is 0 Å². The van der Waals surface area contributed by atoms with Gasteiger partial charge in [0, 0.05) is 17.5 Å². The lowest BCUT2D eigenvalue weighted by atomic mass is 9.61. The SMILES string of the molecule is C/C=C\N(C/C=C(CCC)/C(C)=C/C)C(C)(C)C1(C)C(C)C=CC1C. The van der Waals surface area contributed by atoms with Gasteiger partial charge in [0.15, 0.2) is 0 Å². The highest BCUT2D eigenvalue weighted by atomic mass is 15.2. The van der Waals surface area contributed by atoms with Gasteiger partial charge in [-0.3, -0.25) is 0 Å². The van der Waals surface area contributed by atoms with Crippen LogP contribution >= 0.6 is 0 Å². The molecule has 0 saturated heterocycles. The molecule has 2 unspecified atom stereocenters. The average Bonchev–Trinajstić information content (AvgIpc) is 2.85. The zero-order chi connectivity index (χ0) is 19.3. The monoisotopic (exact) mass is 343 g/mol. The minimum Gasteiger partial charge on any atom is -0.368 e. The normalized spacial score (nSPS) is 28.2. The maximum Gasteiger partial charge on any atom is 0.0408 e. The lowest BCUT2D eigenvalue weighted by Gasteiger charge is -2.53. The molecule has 2 atom stereocenters. The van der Waals surface area contributed by atoms with Gasteiger partial charge in [-0.15, -0.1) is 0 Å². The van der Waals surface area contributed by atoms with E-state index >= 15 is 0 Å². The summed E-state index contributed by atoms with van der Waals surface area (Å²) in [6, 6.07) is 0. The van der Waals surface area contributed by atoms with Crippen molar-refractivity contribution in [1.82, 2.24) is 4.90 Å². The molecule has 0 aromatic heterocycles. The molecule has 0 radical (unpaired) electrons. The maximum atomic E-state index is 2.55. The van der Waals surface area contributed by atoms with Crippen molar-refractivity contribution >= 4 is 0 Å². The van der Waals surface area contributed by atoms with E-state index in [0.29, 0.717) is 11.8 Å². The summed E-state index contributed by atoms with van der Waals surface area (Å²) < 4.78 is 0. The zero-order valence-electron chi connectivity index (χ0n) is 18.2. The molecule has 0 aromatic carbocycles. The third kappa shape index (κ3) is 4.30. The minimum atomic E-state index is 0.0690. The zero-order valence-corrected chi connectivity index (χ0v) is 18.2. The van der Waals surface area contributed by atoms with Crippen LogP contribution in [0.25, 0.3) is 0 Å². The smallest absolute Gasteiger partial charge is 0.0408 e. The number of hydrogen-bond donors (Lipinski definition) is 0. The second-order valence-electron chi connectivity index (χ2n) is 8.39. The number of hydrogen-bond acceptors (Lipinski definition) is 1. The van der Waals surface area contributed by atoms with Crippen LogP contribution in [0.1, 0.15) is 75.2 Å². The fraction of sp³-hybridized carbons (Fsp3) is 0.667. The van der Waals surface area contributed by atoms with Gasteiger partial charge in [0.05, 0.1) is 0 Å². The fourth-order valence-electron chi connectivity index (χ4n) is 4.35. The van der Waals surface area contributed by atoms with Gasteiger partial charge in [0.25, 0.3) is 0 Å². The van der Waals surface area contributed by atoms with E-state index in [2.05, 4.69) is 104 Å². The van der Waals surface area contributed by atoms with E-state index in [1.807, 2.05) is 0 Å². The van der Waals surface area contributed by atoms with Gasteiger partial charge in [-0.05, 0) is 64.6 Å². The molecular weight excluding hydrogens is 302 g/mol. The van der Waals surface area contributed by atoms with Crippen LogP contribution in [0, 0.1) is 17.3 Å². The summed E-state index contributed by atoms with van der Waals surface area (Å²) in [5.41, 5.74) is 3.20. The Bertz CT molecular complexity index is 532. The summed E-state index contributed by atoms with van der Waals surface area (Å²) in [4.78, 5) is 2.55. The van der Waals surface area contributed by atoms with Gasteiger partial charge in [-0.1, -0.05) is 70.1 Å². The molecule has 0 spiro atoms. The Kier molecular flexibility index (Phi) is 7.78. The first-order valence-corrected chi connectivity index (χ1v) is 10.1. The van der Waals surface area contributed by atoms with E-state index < -0.39 is 0 Å². The fourth-order valence-corrected chi connectivity index (χ4v) is 4.35. The van der Waals surface area contributed by atoms with E-state index in [9.17, 15) is 0 Å². The van der Waals surface area contributed by atoms with Crippen LogP contribution in [-0.4, -0.2) is 17.0 Å². The molecule has 1 nitrogen and oxygen atoms in total. The molecule has 0 amide bonds. The summed E-state index contributed by atoms with van der Waals surface area (Å²) in [6.07, 6.45) is 16.3. The van der Waals surface area contributed by atoms with Crippen LogP contribution in [0.4, 0.5) is 0 Å². The third-order valence-electron chi connectivity index (χ3n) is 6.94. The van der Waals surface area contributed by atoms with Crippen molar-refractivity contribution in [3.05, 3.63) is 47.7 Å². The Balaban J connectivity index is 3.18. The van der Waals surface area contributed by atoms with Crippen molar-refractivity contribution in [2.24, 2.45) is 17.3 Å². The lowest BCUT2D eigenvalue weighted by molar-refractivity contribution is -0.00679. The van der Waals surface area contributed by atoms with Crippen LogP contribution in [0.15, 0.2) is 47.7 Å². The standard InChI is InChI=1S/C24H41N/c1-10-13-22(19(4)12-3)16-18-25(17-11-2)23(7,8)24(9)20(5)14-15-21(24)6/h11-12,14-17,20-21H,10,13,18H2,1-9H3/b17-11-,19-12+,22-16+. The second-order valence-corrected chi connectivity index (χ2v) is 8.39. The molecule has 0 aliphatic heterocycles. The van der Waals surface area contributed by atoms with Gasteiger partial charge in [0.1, 0.15) is 0 Å². The highest BCUT2D eigenvalue weighted by Crippen LogP contribution is 2.52. The van der Waals surface area contributed by atoms with Crippen molar-refractivity contribution in [3.8, 4) is 0 Å². The third-order valence-corrected chi connectivity index (χ3v) is 6.94. The quantitative estimate of drug-likeness (QED) is 0.334. The molecule has 1 aliphatic carbocycles. The van der Waals surface area contributed by atoms with Gasteiger partial charge >= 0.3 is 0 Å². The first-order valence-electron chi connectivity index (χ1n) is 10.1. The molecule has 0 fully saturated rings. The molecule has 0 heterocycles. The number of nitrogens with zero attached hydrogens (tertiary/aromatic N) is 1. The van der Waals surface area contributed by atoms with Gasteiger partial charge in [-0.2, -0.15) is 0 Å². The van der Waals surface area contributed by atoms with Crippen molar-refractivity contribution in [3.63, 3.8) is 0 Å². The maximum absolute atomic E-state index is 2.55. The first kappa shape index (κ1) is 21.8. The van der Waals surface area contributed by atoms with Crippen molar-refractivity contribution < 1.29 is 0 Å². The van der Waals surface area contributed by atoms with E-state index in [0.717, 1.165) is 13.0 Å². The Morgan fingerprint density at radius 3 is 2.16 bits per heavy atom. The Hall–Kier alpha value is -1.24. The summed E-state index contributed by atoms with van der Waals surface area (Å²) >= 11 is 0. The van der Waals surface area contributed by atoms with Crippen LogP contribution in [0.5, 0.6) is 0 Å². The van der Waals surface area contributed by atoms with Crippen molar-refractivity contribution in [2.75, 3.05) is 6.54 Å². The summed E-state index contributed by atoms with van der Waals surface area (Å²) in [5, 5.41) is 0. The van der Waals surface area contributed by atoms with Crippen LogP contribution < -0.4 is 0 Å². The molecule has 1 heteroatoms. The molecule has 1 rings (SSSR count). The highest BCUT2D eigenvalue weighted by molar-refractivity contribution is 5.29. The second kappa shape index (κ2) is 8.92. The Morgan fingerprint density at radius 1 is 1.16 bits per heavy atom. The van der Waals surface area contributed by atoms with Crippen LogP contribution in [0.3, 0.4) is 0 Å². The Morgan fingerprint density at radius 2 is 1.72 bits per heavy atom. The molecule has 142 valence electrons. The average molecular weight is 344 g/mol. The van der Waals surface area contributed by atoms with Gasteiger partial charge in [0.2, 0.25) is 0 Å². The Labute approximate surface area is 157 Å². The highest BCUT2D eigenvalue weighted by Gasteiger charge is 2.51. The van der Waals surface area contributed by atoms with E-state index in [1.54, 1.807) is 0 Å². The molecule has 25 heavy (non-hydrogen) atoms. The molecule has 0 bridgehead atoms. The van der Waals surface area contributed by atoms with Gasteiger partial charge in [-0.25, -0.2) is 0 Å². The van der Waals surface area contributed by atoms with Crippen molar-refractivity contribution in [2.45, 2.75) is 80.7 Å². The number of rotatable bonds is 8. The van der Waals surface area contributed by atoms with E-state index in [4.69, 9.17) is 0 Å². The predicted molar refractivity (Wildman–Crippen MR) is 114 cm³/mol. The molecule has 1 aliphatic rings. The number of allylic oxidation sites excluding steroid dienone is 6. The largest absolute Gasteiger partial charge is 0.368 e. The molecule has 0 N–H and O–H groups in total. The van der Waals surface area contributed by atoms with Gasteiger partial charge < -0.3 is 4.90 Å².